The van der Waals surface area contributed by atoms with E-state index in [0.717, 1.165) is 10.7 Å². The molecule has 1 aromatic carbocycles. The van der Waals surface area contributed by atoms with Gasteiger partial charge in [0.15, 0.2) is 5.82 Å². The highest BCUT2D eigenvalue weighted by atomic mass is 32.1. The molecule has 0 atom stereocenters. The predicted octanol–water partition coefficient (Wildman–Crippen LogP) is 1.95. The molecule has 1 aromatic heterocycles. The molecular formula is C15H18F2N4OS. The minimum absolute atomic E-state index is 0.400. The number of rotatable bonds is 5. The van der Waals surface area contributed by atoms with Gasteiger partial charge in [0.1, 0.15) is 6.61 Å². The first kappa shape index (κ1) is 16.2. The minimum atomic E-state index is -3.04. The van der Waals surface area contributed by atoms with Crippen LogP contribution in [0.5, 0.6) is 0 Å². The van der Waals surface area contributed by atoms with E-state index < -0.39 is 19.1 Å². The van der Waals surface area contributed by atoms with E-state index >= 15 is 0 Å². The van der Waals surface area contributed by atoms with Crippen molar-refractivity contribution in [2.45, 2.75) is 5.92 Å². The number of hydrogen-bond acceptors (Lipinski definition) is 6. The van der Waals surface area contributed by atoms with Crippen LogP contribution in [0, 0.1) is 0 Å². The summed E-state index contributed by atoms with van der Waals surface area (Å²) in [6.07, 6.45) is 0. The molecule has 23 heavy (non-hydrogen) atoms. The van der Waals surface area contributed by atoms with Gasteiger partial charge in [-0.1, -0.05) is 30.3 Å². The largest absolute Gasteiger partial charge is 0.390 e. The van der Waals surface area contributed by atoms with Gasteiger partial charge in [0.05, 0.1) is 6.54 Å². The summed E-state index contributed by atoms with van der Waals surface area (Å²) in [5, 5.41) is 9.48. The Morgan fingerprint density at radius 1 is 1.13 bits per heavy atom. The van der Waals surface area contributed by atoms with Crippen LogP contribution in [0.1, 0.15) is 0 Å². The van der Waals surface area contributed by atoms with E-state index in [0.29, 0.717) is 32.0 Å². The topological polar surface area (TPSA) is 52.5 Å². The summed E-state index contributed by atoms with van der Waals surface area (Å²) < 4.78 is 30.8. The average Bonchev–Trinajstić information content (AvgIpc) is 3.06. The molecule has 0 bridgehead atoms. The standard InChI is InChI=1S/C15H18F2N4OS/c16-15(17,11-22)10-20-6-8-21(9-7-20)14-18-13(19-23-14)12-4-2-1-3-5-12/h1-5,22H,6-11H2. The van der Waals surface area contributed by atoms with E-state index in [1.807, 2.05) is 30.3 Å². The van der Waals surface area contributed by atoms with Crippen molar-refractivity contribution >= 4 is 16.7 Å². The molecule has 1 fully saturated rings. The van der Waals surface area contributed by atoms with Crippen LogP contribution in [0.2, 0.25) is 0 Å². The first-order valence-electron chi connectivity index (χ1n) is 7.42. The highest BCUT2D eigenvalue weighted by molar-refractivity contribution is 7.09. The molecule has 1 N–H and O–H groups in total. The number of nitrogens with zero attached hydrogens (tertiary/aromatic N) is 4. The maximum Gasteiger partial charge on any atom is 0.283 e. The monoisotopic (exact) mass is 340 g/mol. The fourth-order valence-corrected chi connectivity index (χ4v) is 3.26. The van der Waals surface area contributed by atoms with E-state index in [-0.39, 0.29) is 0 Å². The van der Waals surface area contributed by atoms with Crippen molar-refractivity contribution in [3.05, 3.63) is 30.3 Å². The number of alkyl halides is 2. The Morgan fingerprint density at radius 3 is 2.48 bits per heavy atom. The van der Waals surface area contributed by atoms with Crippen LogP contribution in [-0.4, -0.2) is 64.6 Å². The number of aliphatic hydroxyl groups excluding tert-OH is 1. The molecule has 1 aliphatic rings. The third-order valence-electron chi connectivity index (χ3n) is 3.78. The van der Waals surface area contributed by atoms with Crippen LogP contribution < -0.4 is 4.90 Å². The number of aromatic nitrogens is 2. The van der Waals surface area contributed by atoms with E-state index in [9.17, 15) is 8.78 Å². The Kier molecular flexibility index (Phi) is 4.84. The Bertz CT molecular complexity index is 629. The molecule has 0 unspecified atom stereocenters. The lowest BCUT2D eigenvalue weighted by molar-refractivity contribution is -0.0733. The molecule has 1 saturated heterocycles. The van der Waals surface area contributed by atoms with E-state index in [1.165, 1.54) is 11.5 Å². The Morgan fingerprint density at radius 2 is 1.83 bits per heavy atom. The Hall–Kier alpha value is -1.64. The van der Waals surface area contributed by atoms with Crippen LogP contribution in [0.25, 0.3) is 11.4 Å². The van der Waals surface area contributed by atoms with Crippen molar-refractivity contribution in [1.29, 1.82) is 0 Å². The summed E-state index contributed by atoms with van der Waals surface area (Å²) in [5.74, 6) is -2.34. The zero-order chi connectivity index (χ0) is 16.3. The van der Waals surface area contributed by atoms with Crippen molar-refractivity contribution in [2.75, 3.05) is 44.2 Å². The van der Waals surface area contributed by atoms with Gasteiger partial charge >= 0.3 is 0 Å². The van der Waals surface area contributed by atoms with Crippen LogP contribution in [0.3, 0.4) is 0 Å². The fraction of sp³-hybridized carbons (Fsp3) is 0.467. The lowest BCUT2D eigenvalue weighted by Gasteiger charge is -2.35. The quantitative estimate of drug-likeness (QED) is 0.902. The van der Waals surface area contributed by atoms with Crippen LogP contribution in [0.4, 0.5) is 13.9 Å². The van der Waals surface area contributed by atoms with Crippen LogP contribution in [-0.2, 0) is 0 Å². The Labute approximate surface area is 137 Å². The van der Waals surface area contributed by atoms with Gasteiger partial charge < -0.3 is 10.0 Å². The van der Waals surface area contributed by atoms with Gasteiger partial charge in [0.25, 0.3) is 5.92 Å². The lowest BCUT2D eigenvalue weighted by atomic mass is 10.2. The summed E-state index contributed by atoms with van der Waals surface area (Å²) in [6.45, 7) is 0.800. The third kappa shape index (κ3) is 4.01. The molecule has 0 amide bonds. The molecule has 2 heterocycles. The number of anilines is 1. The lowest BCUT2D eigenvalue weighted by Crippen LogP contribution is -2.50. The van der Waals surface area contributed by atoms with Gasteiger partial charge in [-0.15, -0.1) is 0 Å². The summed E-state index contributed by atoms with van der Waals surface area (Å²) >= 11 is 1.33. The average molecular weight is 340 g/mol. The van der Waals surface area contributed by atoms with Gasteiger partial charge in [0, 0.05) is 43.3 Å². The molecule has 0 aliphatic carbocycles. The third-order valence-corrected chi connectivity index (χ3v) is 4.55. The van der Waals surface area contributed by atoms with Crippen molar-refractivity contribution in [3.63, 3.8) is 0 Å². The maximum atomic E-state index is 13.2. The molecule has 3 rings (SSSR count). The molecule has 0 saturated carbocycles. The first-order chi connectivity index (χ1) is 11.1. The number of halogens is 2. The smallest absolute Gasteiger partial charge is 0.283 e. The van der Waals surface area contributed by atoms with Gasteiger partial charge in [0.2, 0.25) is 5.13 Å². The maximum absolute atomic E-state index is 13.2. The highest BCUT2D eigenvalue weighted by Gasteiger charge is 2.32. The molecule has 124 valence electrons. The van der Waals surface area contributed by atoms with Crippen molar-refractivity contribution in [1.82, 2.24) is 14.3 Å². The van der Waals surface area contributed by atoms with Gasteiger partial charge in [-0.25, -0.2) is 8.78 Å². The molecular weight excluding hydrogens is 322 g/mol. The normalized spacial score (nSPS) is 16.7. The number of benzene rings is 1. The van der Waals surface area contributed by atoms with E-state index in [1.54, 1.807) is 4.90 Å². The van der Waals surface area contributed by atoms with Gasteiger partial charge in [-0.05, 0) is 0 Å². The summed E-state index contributed by atoms with van der Waals surface area (Å²) in [4.78, 5) is 8.29. The molecule has 0 spiro atoms. The summed E-state index contributed by atoms with van der Waals surface area (Å²) in [7, 11) is 0. The second kappa shape index (κ2) is 6.86. The summed E-state index contributed by atoms with van der Waals surface area (Å²) in [6, 6.07) is 9.74. The minimum Gasteiger partial charge on any atom is -0.390 e. The SMILES string of the molecule is OCC(F)(F)CN1CCN(c2nc(-c3ccccc3)ns2)CC1. The molecule has 1 aliphatic heterocycles. The molecule has 8 heteroatoms. The molecule has 5 nitrogen and oxygen atoms in total. The van der Waals surface area contributed by atoms with E-state index in [2.05, 4.69) is 14.3 Å². The predicted molar refractivity (Wildman–Crippen MR) is 86.0 cm³/mol. The van der Waals surface area contributed by atoms with E-state index in [4.69, 9.17) is 5.11 Å². The fourth-order valence-electron chi connectivity index (χ4n) is 2.52. The molecule has 2 aromatic rings. The summed E-state index contributed by atoms with van der Waals surface area (Å²) in [5.41, 5.74) is 0.969. The highest BCUT2D eigenvalue weighted by Crippen LogP contribution is 2.25. The van der Waals surface area contributed by atoms with Gasteiger partial charge in [-0.2, -0.15) is 9.36 Å². The van der Waals surface area contributed by atoms with Gasteiger partial charge in [-0.3, -0.25) is 4.90 Å². The van der Waals surface area contributed by atoms with Crippen molar-refractivity contribution in [3.8, 4) is 11.4 Å². The second-order valence-corrected chi connectivity index (χ2v) is 6.27. The van der Waals surface area contributed by atoms with Crippen LogP contribution in [0.15, 0.2) is 30.3 Å². The zero-order valence-electron chi connectivity index (χ0n) is 12.5. The molecule has 0 radical (unpaired) electrons. The number of hydrogen-bond donors (Lipinski definition) is 1. The first-order valence-corrected chi connectivity index (χ1v) is 8.20. The number of piperazine rings is 1. The Balaban J connectivity index is 1.59. The van der Waals surface area contributed by atoms with Crippen molar-refractivity contribution < 1.29 is 13.9 Å². The zero-order valence-corrected chi connectivity index (χ0v) is 13.3. The second-order valence-electron chi connectivity index (χ2n) is 5.54. The van der Waals surface area contributed by atoms with Crippen LogP contribution >= 0.6 is 11.5 Å². The van der Waals surface area contributed by atoms with Crippen molar-refractivity contribution in [2.24, 2.45) is 0 Å². The number of aliphatic hydroxyl groups is 1.